The van der Waals surface area contributed by atoms with E-state index in [1.165, 1.54) is 0 Å². The lowest BCUT2D eigenvalue weighted by atomic mass is 10.2. The minimum atomic E-state index is -0.635. The quantitative estimate of drug-likeness (QED) is 0.500. The molecule has 5 heteroatoms. The van der Waals surface area contributed by atoms with Gasteiger partial charge in [0, 0.05) is 0 Å². The fourth-order valence-corrected chi connectivity index (χ4v) is 1.16. The minimum Gasteiger partial charge on any atom is -0.461 e. The molecule has 86 valence electrons. The Hall–Kier alpha value is -1.55. The third-order valence-corrected chi connectivity index (χ3v) is 1.98. The number of carbonyl (C=O) groups is 1. The summed E-state index contributed by atoms with van der Waals surface area (Å²) >= 11 is 5.61. The molecule has 0 bridgehead atoms. The topological polar surface area (TPSA) is 50.7 Å². The van der Waals surface area contributed by atoms with Gasteiger partial charge in [-0.05, 0) is 31.5 Å². The van der Waals surface area contributed by atoms with Gasteiger partial charge < -0.3 is 4.74 Å². The fraction of sp³-hybridized carbons (Fsp3) is 0.273. The zero-order valence-electron chi connectivity index (χ0n) is 9.16. The predicted octanol–water partition coefficient (Wildman–Crippen LogP) is 2.52. The summed E-state index contributed by atoms with van der Waals surface area (Å²) in [7, 11) is 0. The normalized spacial score (nSPS) is 11.1. The van der Waals surface area contributed by atoms with Crippen LogP contribution in [0.1, 0.15) is 12.5 Å². The van der Waals surface area contributed by atoms with Gasteiger partial charge >= 0.3 is 5.97 Å². The molecule has 1 aromatic carbocycles. The lowest BCUT2D eigenvalue weighted by Gasteiger charge is -2.02. The molecular weight excluding hydrogens is 228 g/mol. The average Bonchev–Trinajstić information content (AvgIpc) is 2.26. The van der Waals surface area contributed by atoms with Gasteiger partial charge in [0.05, 0.1) is 12.3 Å². The van der Waals surface area contributed by atoms with Crippen molar-refractivity contribution in [2.75, 3.05) is 12.0 Å². The molecule has 0 fully saturated rings. The van der Waals surface area contributed by atoms with Crippen molar-refractivity contribution < 1.29 is 9.53 Å². The van der Waals surface area contributed by atoms with E-state index < -0.39 is 5.97 Å². The number of benzene rings is 1. The van der Waals surface area contributed by atoms with Crippen molar-refractivity contribution in [1.29, 1.82) is 0 Å². The van der Waals surface area contributed by atoms with Crippen molar-refractivity contribution in [1.82, 2.24) is 0 Å². The van der Waals surface area contributed by atoms with Crippen LogP contribution in [0.3, 0.4) is 0 Å². The van der Waals surface area contributed by atoms with Gasteiger partial charge in [-0.3, -0.25) is 5.43 Å². The van der Waals surface area contributed by atoms with E-state index in [-0.39, 0.29) is 11.8 Å². The average molecular weight is 241 g/mol. The maximum absolute atomic E-state index is 11.1. The number of esters is 1. The summed E-state index contributed by atoms with van der Waals surface area (Å²) in [4.78, 5) is 11.1. The standard InChI is InChI=1S/C11H13ClN2O2/c1-3-16-11(15)10(12)14-13-9-6-4-5-8(2)7-9/h4-7,13H,3H2,1-2H3. The van der Waals surface area contributed by atoms with Crippen LogP contribution in [-0.2, 0) is 9.53 Å². The second-order valence-corrected chi connectivity index (χ2v) is 3.46. The van der Waals surface area contributed by atoms with Crippen LogP contribution in [-0.4, -0.2) is 17.7 Å². The predicted molar refractivity (Wildman–Crippen MR) is 64.7 cm³/mol. The largest absolute Gasteiger partial charge is 0.461 e. The zero-order chi connectivity index (χ0) is 12.0. The summed E-state index contributed by atoms with van der Waals surface area (Å²) in [6.07, 6.45) is 0. The maximum Gasteiger partial charge on any atom is 0.370 e. The summed E-state index contributed by atoms with van der Waals surface area (Å²) in [5.74, 6) is -0.635. The first-order valence-electron chi connectivity index (χ1n) is 4.86. The lowest BCUT2D eigenvalue weighted by Crippen LogP contribution is -2.13. The van der Waals surface area contributed by atoms with E-state index in [1.54, 1.807) is 6.92 Å². The number of anilines is 1. The Bertz CT molecular complexity index is 405. The van der Waals surface area contributed by atoms with Gasteiger partial charge in [0.15, 0.2) is 0 Å². The number of nitrogens with zero attached hydrogens (tertiary/aromatic N) is 1. The number of aryl methyl sites for hydroxylation is 1. The Morgan fingerprint density at radius 3 is 2.94 bits per heavy atom. The Labute approximate surface area is 99.2 Å². The molecule has 0 amide bonds. The third-order valence-electron chi connectivity index (χ3n) is 1.75. The monoisotopic (exact) mass is 240 g/mol. The fourth-order valence-electron chi connectivity index (χ4n) is 1.06. The van der Waals surface area contributed by atoms with Crippen LogP contribution in [0.2, 0.25) is 0 Å². The molecule has 0 heterocycles. The molecule has 0 spiro atoms. The Balaban J connectivity index is 2.62. The number of hydrogen-bond acceptors (Lipinski definition) is 4. The molecule has 0 unspecified atom stereocenters. The number of hydrazone groups is 1. The molecule has 0 radical (unpaired) electrons. The number of carbonyl (C=O) groups excluding carboxylic acids is 1. The van der Waals surface area contributed by atoms with Gasteiger partial charge in [-0.2, -0.15) is 5.10 Å². The summed E-state index contributed by atoms with van der Waals surface area (Å²) in [6, 6.07) is 7.55. The molecule has 1 N–H and O–H groups in total. The first-order chi connectivity index (χ1) is 7.63. The molecule has 0 aromatic heterocycles. The Kier molecular flexibility index (Phi) is 4.79. The van der Waals surface area contributed by atoms with E-state index in [0.717, 1.165) is 11.3 Å². The highest BCUT2D eigenvalue weighted by molar-refractivity contribution is 6.82. The van der Waals surface area contributed by atoms with E-state index in [1.807, 2.05) is 31.2 Å². The first kappa shape index (κ1) is 12.5. The molecular formula is C11H13ClN2O2. The van der Waals surface area contributed by atoms with Crippen LogP contribution in [0.25, 0.3) is 0 Å². The van der Waals surface area contributed by atoms with Gasteiger partial charge in [0.25, 0.3) is 0 Å². The second-order valence-electron chi connectivity index (χ2n) is 3.10. The van der Waals surface area contributed by atoms with Crippen LogP contribution >= 0.6 is 11.6 Å². The highest BCUT2D eigenvalue weighted by Gasteiger charge is 2.08. The number of rotatable bonds is 4. The molecule has 0 atom stereocenters. The molecule has 4 nitrogen and oxygen atoms in total. The molecule has 0 saturated heterocycles. The van der Waals surface area contributed by atoms with Gasteiger partial charge in [-0.25, -0.2) is 4.79 Å². The number of hydrogen-bond donors (Lipinski definition) is 1. The summed E-state index contributed by atoms with van der Waals surface area (Å²) in [5, 5.41) is 3.49. The van der Waals surface area contributed by atoms with Gasteiger partial charge in [0.2, 0.25) is 5.17 Å². The van der Waals surface area contributed by atoms with E-state index in [0.29, 0.717) is 0 Å². The Morgan fingerprint density at radius 1 is 1.56 bits per heavy atom. The van der Waals surface area contributed by atoms with Gasteiger partial charge in [-0.1, -0.05) is 23.7 Å². The minimum absolute atomic E-state index is 0.219. The highest BCUT2D eigenvalue weighted by Crippen LogP contribution is 2.09. The second kappa shape index (κ2) is 6.12. The SMILES string of the molecule is CCOC(=O)C(Cl)=NNc1cccc(C)c1. The van der Waals surface area contributed by atoms with Crippen molar-refractivity contribution in [3.05, 3.63) is 29.8 Å². The lowest BCUT2D eigenvalue weighted by molar-refractivity contribution is -0.134. The van der Waals surface area contributed by atoms with E-state index in [4.69, 9.17) is 11.6 Å². The Morgan fingerprint density at radius 2 is 2.31 bits per heavy atom. The van der Waals surface area contributed by atoms with E-state index in [2.05, 4.69) is 15.3 Å². The number of ether oxygens (including phenoxy) is 1. The van der Waals surface area contributed by atoms with Crippen LogP contribution in [0.15, 0.2) is 29.4 Å². The molecule has 0 aliphatic rings. The highest BCUT2D eigenvalue weighted by atomic mass is 35.5. The van der Waals surface area contributed by atoms with Gasteiger partial charge in [0.1, 0.15) is 0 Å². The molecule has 0 aliphatic carbocycles. The summed E-state index contributed by atoms with van der Waals surface area (Å²) in [6.45, 7) is 3.94. The molecule has 1 rings (SSSR count). The van der Waals surface area contributed by atoms with Crippen molar-refractivity contribution >= 4 is 28.4 Å². The summed E-state index contributed by atoms with van der Waals surface area (Å²) in [5.41, 5.74) is 4.54. The molecule has 16 heavy (non-hydrogen) atoms. The van der Waals surface area contributed by atoms with Crippen molar-refractivity contribution in [2.45, 2.75) is 13.8 Å². The van der Waals surface area contributed by atoms with Crippen LogP contribution in [0.5, 0.6) is 0 Å². The van der Waals surface area contributed by atoms with Crippen molar-refractivity contribution in [3.8, 4) is 0 Å². The number of halogens is 1. The number of nitrogens with one attached hydrogen (secondary N) is 1. The van der Waals surface area contributed by atoms with Crippen molar-refractivity contribution in [3.63, 3.8) is 0 Å². The smallest absolute Gasteiger partial charge is 0.370 e. The van der Waals surface area contributed by atoms with Crippen LogP contribution in [0, 0.1) is 6.92 Å². The van der Waals surface area contributed by atoms with Gasteiger partial charge in [-0.15, -0.1) is 0 Å². The maximum atomic E-state index is 11.1. The molecule has 0 saturated carbocycles. The first-order valence-corrected chi connectivity index (χ1v) is 5.24. The van der Waals surface area contributed by atoms with E-state index >= 15 is 0 Å². The van der Waals surface area contributed by atoms with Crippen molar-refractivity contribution in [2.24, 2.45) is 5.10 Å². The van der Waals surface area contributed by atoms with Crippen LogP contribution < -0.4 is 5.43 Å². The third kappa shape index (κ3) is 3.90. The van der Waals surface area contributed by atoms with E-state index in [9.17, 15) is 4.79 Å². The summed E-state index contributed by atoms with van der Waals surface area (Å²) < 4.78 is 4.67. The molecule has 0 aliphatic heterocycles. The van der Waals surface area contributed by atoms with Crippen LogP contribution in [0.4, 0.5) is 5.69 Å². The zero-order valence-corrected chi connectivity index (χ0v) is 9.91. The molecule has 1 aromatic rings.